The molecular weight excluding hydrogens is 388 g/mol. The van der Waals surface area contributed by atoms with E-state index < -0.39 is 0 Å². The van der Waals surface area contributed by atoms with Crippen molar-refractivity contribution in [2.24, 2.45) is 5.10 Å². The maximum atomic E-state index is 12.9. The minimum Gasteiger partial charge on any atom is -0.494 e. The van der Waals surface area contributed by atoms with E-state index in [4.69, 9.17) is 4.74 Å². The number of carbonyl (C=O) groups excluding carboxylic acids is 1. The van der Waals surface area contributed by atoms with Crippen LogP contribution in [0.25, 0.3) is 10.2 Å². The highest BCUT2D eigenvalue weighted by molar-refractivity contribution is 7.18. The summed E-state index contributed by atoms with van der Waals surface area (Å²) in [4.78, 5) is 31.5. The molecule has 1 N–H and O–H groups in total. The van der Waals surface area contributed by atoms with Gasteiger partial charge in [0.05, 0.1) is 24.5 Å². The first-order chi connectivity index (χ1) is 14.2. The molecule has 29 heavy (non-hydrogen) atoms. The second kappa shape index (κ2) is 8.57. The molecule has 0 fully saturated rings. The number of fused-ring (bicyclic) bond motifs is 3. The molecule has 1 aromatic carbocycles. The van der Waals surface area contributed by atoms with Gasteiger partial charge in [-0.05, 0) is 68.0 Å². The number of rotatable bonds is 6. The molecule has 0 saturated heterocycles. The number of aryl methyl sites for hydroxylation is 2. The van der Waals surface area contributed by atoms with Gasteiger partial charge >= 0.3 is 0 Å². The number of carbonyl (C=O) groups is 1. The van der Waals surface area contributed by atoms with Gasteiger partial charge in [-0.2, -0.15) is 5.10 Å². The van der Waals surface area contributed by atoms with Gasteiger partial charge < -0.3 is 4.74 Å². The van der Waals surface area contributed by atoms with Crippen LogP contribution in [0.15, 0.2) is 40.5 Å². The zero-order valence-electron chi connectivity index (χ0n) is 16.2. The van der Waals surface area contributed by atoms with E-state index in [9.17, 15) is 9.59 Å². The lowest BCUT2D eigenvalue weighted by molar-refractivity contribution is -0.121. The summed E-state index contributed by atoms with van der Waals surface area (Å²) in [7, 11) is 0. The Labute approximate surface area is 172 Å². The number of amides is 1. The Morgan fingerprint density at radius 3 is 2.90 bits per heavy atom. The van der Waals surface area contributed by atoms with Crippen molar-refractivity contribution in [1.82, 2.24) is 15.0 Å². The highest BCUT2D eigenvalue weighted by Crippen LogP contribution is 2.33. The van der Waals surface area contributed by atoms with Crippen LogP contribution in [0.5, 0.6) is 5.75 Å². The molecule has 150 valence electrons. The zero-order valence-corrected chi connectivity index (χ0v) is 17.0. The first-order valence-electron chi connectivity index (χ1n) is 9.70. The van der Waals surface area contributed by atoms with Gasteiger partial charge in [0.15, 0.2) is 0 Å². The van der Waals surface area contributed by atoms with Crippen LogP contribution in [0.3, 0.4) is 0 Å². The Kier molecular flexibility index (Phi) is 5.71. The van der Waals surface area contributed by atoms with E-state index in [1.807, 2.05) is 31.2 Å². The molecule has 0 bridgehead atoms. The standard InChI is InChI=1S/C21H22N4O3S/c1-2-28-15-9-7-14(8-10-15)11-23-24-18(26)12-25-13-22-20-19(21(25)27)16-5-3-4-6-17(16)29-20/h7-11,13H,2-6,12H2,1H3,(H,24,26)/b23-11-. The van der Waals surface area contributed by atoms with Crippen LogP contribution in [-0.4, -0.2) is 28.3 Å². The number of hydrazone groups is 1. The Morgan fingerprint density at radius 1 is 1.31 bits per heavy atom. The normalized spacial score (nSPS) is 13.6. The van der Waals surface area contributed by atoms with Gasteiger partial charge in [-0.25, -0.2) is 10.4 Å². The number of ether oxygens (including phenoxy) is 1. The van der Waals surface area contributed by atoms with Crippen LogP contribution >= 0.6 is 11.3 Å². The average Bonchev–Trinajstić information content (AvgIpc) is 3.11. The van der Waals surface area contributed by atoms with Crippen molar-refractivity contribution in [3.8, 4) is 5.75 Å². The largest absolute Gasteiger partial charge is 0.494 e. The van der Waals surface area contributed by atoms with Crippen molar-refractivity contribution >= 4 is 33.7 Å². The van der Waals surface area contributed by atoms with Crippen molar-refractivity contribution in [2.45, 2.75) is 39.2 Å². The van der Waals surface area contributed by atoms with E-state index in [-0.39, 0.29) is 18.0 Å². The predicted octanol–water partition coefficient (Wildman–Crippen LogP) is 2.89. The third kappa shape index (κ3) is 4.22. The molecule has 4 rings (SSSR count). The van der Waals surface area contributed by atoms with Crippen LogP contribution in [-0.2, 0) is 24.2 Å². The van der Waals surface area contributed by atoms with Crippen LogP contribution in [0.2, 0.25) is 0 Å². The lowest BCUT2D eigenvalue weighted by atomic mass is 9.97. The predicted molar refractivity (Wildman–Crippen MR) is 114 cm³/mol. The Morgan fingerprint density at radius 2 is 2.10 bits per heavy atom. The minimum atomic E-state index is -0.375. The lowest BCUT2D eigenvalue weighted by Crippen LogP contribution is -2.30. The summed E-state index contributed by atoms with van der Waals surface area (Å²) >= 11 is 1.60. The molecule has 3 aromatic rings. The van der Waals surface area contributed by atoms with Crippen LogP contribution < -0.4 is 15.7 Å². The Bertz CT molecular complexity index is 1120. The van der Waals surface area contributed by atoms with Gasteiger partial charge in [0.25, 0.3) is 11.5 Å². The molecule has 0 atom stereocenters. The Balaban J connectivity index is 1.43. The van der Waals surface area contributed by atoms with E-state index in [2.05, 4.69) is 15.5 Å². The van der Waals surface area contributed by atoms with Crippen LogP contribution in [0.4, 0.5) is 0 Å². The number of thiophene rings is 1. The van der Waals surface area contributed by atoms with E-state index in [1.165, 1.54) is 15.8 Å². The third-order valence-electron chi connectivity index (χ3n) is 4.85. The zero-order chi connectivity index (χ0) is 20.2. The smallest absolute Gasteiger partial charge is 0.262 e. The van der Waals surface area contributed by atoms with Gasteiger partial charge in [-0.1, -0.05) is 0 Å². The van der Waals surface area contributed by atoms with Crippen LogP contribution in [0.1, 0.15) is 35.8 Å². The molecular formula is C21H22N4O3S. The van der Waals surface area contributed by atoms with Gasteiger partial charge in [0.1, 0.15) is 17.1 Å². The quantitative estimate of drug-likeness (QED) is 0.500. The maximum absolute atomic E-state index is 12.9. The summed E-state index contributed by atoms with van der Waals surface area (Å²) in [6, 6.07) is 7.38. The minimum absolute atomic E-state index is 0.118. The van der Waals surface area contributed by atoms with Crippen molar-refractivity contribution in [3.05, 3.63) is 57.0 Å². The number of hydrogen-bond donors (Lipinski definition) is 1. The van der Waals surface area contributed by atoms with Crippen molar-refractivity contribution in [3.63, 3.8) is 0 Å². The number of benzene rings is 1. The summed E-state index contributed by atoms with van der Waals surface area (Å²) in [5.41, 5.74) is 4.27. The topological polar surface area (TPSA) is 85.6 Å². The van der Waals surface area contributed by atoms with Gasteiger partial charge in [-0.3, -0.25) is 14.2 Å². The summed E-state index contributed by atoms with van der Waals surface area (Å²) in [5, 5.41) is 4.65. The summed E-state index contributed by atoms with van der Waals surface area (Å²) in [6.07, 6.45) is 7.16. The summed E-state index contributed by atoms with van der Waals surface area (Å²) in [5.74, 6) is 0.408. The fourth-order valence-corrected chi connectivity index (χ4v) is 4.70. The fourth-order valence-electron chi connectivity index (χ4n) is 3.48. The van der Waals surface area contributed by atoms with E-state index >= 15 is 0 Å². The number of nitrogens with zero attached hydrogens (tertiary/aromatic N) is 3. The van der Waals surface area contributed by atoms with Crippen LogP contribution in [0, 0.1) is 0 Å². The second-order valence-electron chi connectivity index (χ2n) is 6.86. The van der Waals surface area contributed by atoms with Gasteiger partial charge in [0.2, 0.25) is 0 Å². The van der Waals surface area contributed by atoms with E-state index in [1.54, 1.807) is 17.6 Å². The second-order valence-corrected chi connectivity index (χ2v) is 7.95. The van der Waals surface area contributed by atoms with Gasteiger partial charge in [-0.15, -0.1) is 11.3 Å². The first kappa shape index (κ1) is 19.3. The molecule has 0 spiro atoms. The third-order valence-corrected chi connectivity index (χ3v) is 6.05. The molecule has 1 aliphatic carbocycles. The fraction of sp³-hybridized carbons (Fsp3) is 0.333. The molecule has 7 nitrogen and oxygen atoms in total. The van der Waals surface area contributed by atoms with E-state index in [0.717, 1.165) is 47.4 Å². The molecule has 0 saturated carbocycles. The van der Waals surface area contributed by atoms with Crippen molar-refractivity contribution in [1.29, 1.82) is 0 Å². The SMILES string of the molecule is CCOc1ccc(/C=N\NC(=O)Cn2cnc3sc4c(c3c2=O)CCCC4)cc1. The first-order valence-corrected chi connectivity index (χ1v) is 10.5. The van der Waals surface area contributed by atoms with E-state index in [0.29, 0.717) is 12.0 Å². The molecule has 0 aliphatic heterocycles. The van der Waals surface area contributed by atoms with Crippen molar-refractivity contribution in [2.75, 3.05) is 6.61 Å². The lowest BCUT2D eigenvalue weighted by Gasteiger charge is -2.10. The van der Waals surface area contributed by atoms with Gasteiger partial charge in [0, 0.05) is 4.88 Å². The molecule has 0 radical (unpaired) electrons. The summed E-state index contributed by atoms with van der Waals surface area (Å²) in [6.45, 7) is 2.42. The molecule has 2 aromatic heterocycles. The molecule has 1 amide bonds. The number of hydrogen-bond acceptors (Lipinski definition) is 6. The molecule has 2 heterocycles. The van der Waals surface area contributed by atoms with Crippen molar-refractivity contribution < 1.29 is 9.53 Å². The molecule has 0 unspecified atom stereocenters. The summed E-state index contributed by atoms with van der Waals surface area (Å²) < 4.78 is 6.74. The highest BCUT2D eigenvalue weighted by Gasteiger charge is 2.20. The number of aromatic nitrogens is 2. The maximum Gasteiger partial charge on any atom is 0.262 e. The Hall–Kier alpha value is -3.00. The molecule has 1 aliphatic rings. The number of nitrogens with one attached hydrogen (secondary N) is 1. The molecule has 8 heteroatoms. The monoisotopic (exact) mass is 410 g/mol. The average molecular weight is 410 g/mol. The highest BCUT2D eigenvalue weighted by atomic mass is 32.1.